The molecule has 6 heteroatoms. The van der Waals surface area contributed by atoms with Crippen molar-refractivity contribution in [1.29, 1.82) is 0 Å². The molecule has 0 aliphatic carbocycles. The van der Waals surface area contributed by atoms with Gasteiger partial charge in [0.25, 0.3) is 0 Å². The van der Waals surface area contributed by atoms with Crippen molar-refractivity contribution < 1.29 is 0 Å². The van der Waals surface area contributed by atoms with E-state index in [1.807, 2.05) is 17.8 Å². The maximum Gasteiger partial charge on any atom is 0.125 e. The van der Waals surface area contributed by atoms with Crippen LogP contribution in [0.25, 0.3) is 20.4 Å². The lowest BCUT2D eigenvalue weighted by Gasteiger charge is -2.15. The van der Waals surface area contributed by atoms with Crippen LogP contribution in [0.2, 0.25) is 0 Å². The molecular weight excluding hydrogens is 360 g/mol. The second-order valence-electron chi connectivity index (χ2n) is 7.07. The molecule has 4 heterocycles. The Labute approximate surface area is 161 Å². The molecule has 0 atom stereocenters. The fraction of sp³-hybridized carbons (Fsp3) is 0.300. The van der Waals surface area contributed by atoms with Crippen molar-refractivity contribution in [2.45, 2.75) is 32.2 Å². The minimum atomic E-state index is 0.444. The fourth-order valence-electron chi connectivity index (χ4n) is 3.12. The van der Waals surface area contributed by atoms with Crippen LogP contribution in [0.3, 0.4) is 0 Å². The van der Waals surface area contributed by atoms with Gasteiger partial charge in [-0.15, -0.1) is 22.7 Å². The Bertz CT molecular complexity index is 1010. The first kappa shape index (κ1) is 17.4. The number of fused-ring (bicyclic) bond motifs is 2. The van der Waals surface area contributed by atoms with Crippen molar-refractivity contribution in [1.82, 2.24) is 15.3 Å². The summed E-state index contributed by atoms with van der Waals surface area (Å²) in [4.78, 5) is 9.75. The van der Waals surface area contributed by atoms with Crippen LogP contribution in [-0.4, -0.2) is 22.1 Å². The van der Waals surface area contributed by atoms with Crippen molar-refractivity contribution in [2.75, 3.05) is 11.9 Å². The zero-order chi connectivity index (χ0) is 18.0. The number of nitrogens with zero attached hydrogens (tertiary/aromatic N) is 2. The van der Waals surface area contributed by atoms with E-state index in [4.69, 9.17) is 0 Å². The van der Waals surface area contributed by atoms with Crippen molar-refractivity contribution in [3.63, 3.8) is 0 Å². The van der Waals surface area contributed by atoms with E-state index < -0.39 is 0 Å². The molecule has 1 aliphatic heterocycles. The molecule has 1 saturated heterocycles. The Morgan fingerprint density at radius 1 is 1.12 bits per heavy atom. The Balaban J connectivity index is 0.000000204. The van der Waals surface area contributed by atoms with Crippen LogP contribution >= 0.6 is 22.7 Å². The summed E-state index contributed by atoms with van der Waals surface area (Å²) in [7, 11) is 0. The summed E-state index contributed by atoms with van der Waals surface area (Å²) in [6.07, 6.45) is 4.53. The average Bonchev–Trinajstić information content (AvgIpc) is 3.35. The summed E-state index contributed by atoms with van der Waals surface area (Å²) < 4.78 is 1.21. The molecule has 1 fully saturated rings. The monoisotopic (exact) mass is 382 g/mol. The number of thiazole rings is 1. The van der Waals surface area contributed by atoms with Gasteiger partial charge in [0, 0.05) is 22.8 Å². The van der Waals surface area contributed by atoms with E-state index in [1.54, 1.807) is 22.7 Å². The molecule has 0 saturated carbocycles. The van der Waals surface area contributed by atoms with E-state index in [-0.39, 0.29) is 0 Å². The minimum Gasteiger partial charge on any atom is -0.355 e. The summed E-state index contributed by atoms with van der Waals surface area (Å²) in [5, 5.41) is 10.1. The Morgan fingerprint density at radius 2 is 2.04 bits per heavy atom. The molecule has 2 N–H and O–H groups in total. The zero-order valence-electron chi connectivity index (χ0n) is 15.0. The van der Waals surface area contributed by atoms with E-state index in [9.17, 15) is 0 Å². The number of rotatable bonds is 2. The number of nitrogens with one attached hydrogen (secondary N) is 2. The van der Waals surface area contributed by atoms with E-state index in [2.05, 4.69) is 64.1 Å². The molecule has 0 bridgehead atoms. The molecule has 0 radical (unpaired) electrons. The maximum absolute atomic E-state index is 4.35. The molecule has 5 rings (SSSR count). The number of pyridine rings is 1. The van der Waals surface area contributed by atoms with Crippen LogP contribution in [0.4, 0.5) is 11.4 Å². The van der Waals surface area contributed by atoms with Crippen molar-refractivity contribution in [3.05, 3.63) is 47.4 Å². The van der Waals surface area contributed by atoms with Gasteiger partial charge in [0.15, 0.2) is 0 Å². The summed E-state index contributed by atoms with van der Waals surface area (Å²) >= 11 is 3.31. The molecule has 0 amide bonds. The third-order valence-corrected chi connectivity index (χ3v) is 6.19. The molecule has 134 valence electrons. The maximum atomic E-state index is 4.35. The van der Waals surface area contributed by atoms with Gasteiger partial charge >= 0.3 is 0 Å². The van der Waals surface area contributed by atoms with Crippen LogP contribution in [0.1, 0.15) is 26.7 Å². The third kappa shape index (κ3) is 3.87. The predicted octanol–water partition coefficient (Wildman–Crippen LogP) is 5.80. The predicted molar refractivity (Wildman–Crippen MR) is 114 cm³/mol. The largest absolute Gasteiger partial charge is 0.355 e. The number of hydrogen-bond acceptors (Lipinski definition) is 6. The lowest BCUT2D eigenvalue weighted by Crippen LogP contribution is -2.31. The second kappa shape index (κ2) is 7.31. The van der Waals surface area contributed by atoms with E-state index in [0.29, 0.717) is 5.54 Å². The van der Waals surface area contributed by atoms with Crippen LogP contribution in [-0.2, 0) is 0 Å². The SMILES string of the molecule is CC1(C)CCCN1.c1cc(Nc2ccc3scnc3c2)c2ccsc2n1. The summed E-state index contributed by atoms with van der Waals surface area (Å²) in [6, 6.07) is 10.3. The molecule has 4 aromatic rings. The molecule has 0 spiro atoms. The highest BCUT2D eigenvalue weighted by molar-refractivity contribution is 7.17. The first-order chi connectivity index (χ1) is 12.6. The molecule has 1 aliphatic rings. The molecule has 4 nitrogen and oxygen atoms in total. The van der Waals surface area contributed by atoms with Gasteiger partial charge in [-0.2, -0.15) is 0 Å². The lowest BCUT2D eigenvalue weighted by molar-refractivity contribution is 0.460. The van der Waals surface area contributed by atoms with Gasteiger partial charge in [0.2, 0.25) is 0 Å². The van der Waals surface area contributed by atoms with E-state index >= 15 is 0 Å². The first-order valence-electron chi connectivity index (χ1n) is 8.78. The van der Waals surface area contributed by atoms with Crippen LogP contribution < -0.4 is 10.6 Å². The summed E-state index contributed by atoms with van der Waals surface area (Å²) in [5.74, 6) is 0. The number of hydrogen-bond donors (Lipinski definition) is 2. The van der Waals surface area contributed by atoms with Crippen LogP contribution in [0.5, 0.6) is 0 Å². The normalized spacial score (nSPS) is 15.8. The Morgan fingerprint density at radius 3 is 2.81 bits per heavy atom. The number of benzene rings is 1. The number of anilines is 2. The number of aromatic nitrogens is 2. The minimum absolute atomic E-state index is 0.444. The van der Waals surface area contributed by atoms with Gasteiger partial charge in [-0.25, -0.2) is 9.97 Å². The molecular formula is C20H22N4S2. The van der Waals surface area contributed by atoms with E-state index in [1.165, 1.54) is 24.1 Å². The lowest BCUT2D eigenvalue weighted by atomic mass is 10.0. The van der Waals surface area contributed by atoms with E-state index in [0.717, 1.165) is 27.1 Å². The van der Waals surface area contributed by atoms with Crippen LogP contribution in [0.15, 0.2) is 47.4 Å². The van der Waals surface area contributed by atoms with Gasteiger partial charge in [0.05, 0.1) is 21.4 Å². The first-order valence-corrected chi connectivity index (χ1v) is 10.5. The van der Waals surface area contributed by atoms with Crippen molar-refractivity contribution in [2.24, 2.45) is 0 Å². The Kier molecular flexibility index (Phi) is 4.89. The van der Waals surface area contributed by atoms with Gasteiger partial charge in [-0.3, -0.25) is 0 Å². The third-order valence-electron chi connectivity index (χ3n) is 4.56. The molecule has 26 heavy (non-hydrogen) atoms. The van der Waals surface area contributed by atoms with Gasteiger partial charge in [0.1, 0.15) is 4.83 Å². The molecule has 1 aromatic carbocycles. The van der Waals surface area contributed by atoms with Crippen LogP contribution in [0, 0.1) is 0 Å². The van der Waals surface area contributed by atoms with Crippen molar-refractivity contribution in [3.8, 4) is 0 Å². The highest BCUT2D eigenvalue weighted by Crippen LogP contribution is 2.29. The van der Waals surface area contributed by atoms with Gasteiger partial charge in [-0.05, 0) is 68.9 Å². The number of thiophene rings is 1. The zero-order valence-corrected chi connectivity index (χ0v) is 16.6. The summed E-state index contributed by atoms with van der Waals surface area (Å²) in [5.41, 5.74) is 5.49. The van der Waals surface area contributed by atoms with Crippen molar-refractivity contribution >= 4 is 54.5 Å². The van der Waals surface area contributed by atoms with Gasteiger partial charge < -0.3 is 10.6 Å². The standard InChI is InChI=1S/C14H9N3S2.C6H13N/c1-2-13-12(16-8-19-13)7-9(1)17-11-3-5-15-14-10(11)4-6-18-14;1-6(2)4-3-5-7-6/h1-8H,(H,15,17);7H,3-5H2,1-2H3. The second-order valence-corrected chi connectivity index (χ2v) is 8.85. The highest BCUT2D eigenvalue weighted by Gasteiger charge is 2.20. The molecule has 0 unspecified atom stereocenters. The average molecular weight is 383 g/mol. The topological polar surface area (TPSA) is 49.8 Å². The smallest absolute Gasteiger partial charge is 0.125 e. The van der Waals surface area contributed by atoms with Gasteiger partial charge in [-0.1, -0.05) is 0 Å². The Hall–Kier alpha value is -2.02. The fourth-order valence-corrected chi connectivity index (χ4v) is 4.54. The quantitative estimate of drug-likeness (QED) is 0.460. The highest BCUT2D eigenvalue weighted by atomic mass is 32.1. The molecule has 3 aromatic heterocycles. The summed E-state index contributed by atoms with van der Waals surface area (Å²) in [6.45, 7) is 5.72.